The molecule has 0 bridgehead atoms. The number of hydrogen-bond donors (Lipinski definition) is 0. The highest BCUT2D eigenvalue weighted by atomic mass is 32.2. The first-order chi connectivity index (χ1) is 6.74. The molecular weight excluding hydrogens is 200 g/mol. The minimum absolute atomic E-state index is 0.168. The van der Waals surface area contributed by atoms with E-state index in [-0.39, 0.29) is 10.6 Å². The quantitative estimate of drug-likeness (QED) is 0.408. The number of nitrogens with zero attached hydrogens (tertiary/aromatic N) is 2. The first-order valence-corrected chi connectivity index (χ1v) is 5.82. The molecule has 4 nitrogen and oxygen atoms in total. The lowest BCUT2D eigenvalue weighted by atomic mass is 10.4. The van der Waals surface area contributed by atoms with Crippen molar-refractivity contribution in [3.05, 3.63) is 33.5 Å². The van der Waals surface area contributed by atoms with Crippen molar-refractivity contribution in [2.75, 3.05) is 19.3 Å². The summed E-state index contributed by atoms with van der Waals surface area (Å²) >= 11 is 1.46. The Hall–Kier alpha value is -0.970. The molecule has 0 radical (unpaired) electrons. The first-order valence-electron chi connectivity index (χ1n) is 4.53. The van der Waals surface area contributed by atoms with Gasteiger partial charge in [-0.1, -0.05) is 0 Å². The number of hydrogen-bond acceptors (Lipinski definition) is 4. The minimum atomic E-state index is -0.342. The predicted octanol–water partition coefficient (Wildman–Crippen LogP) is 2.08. The molecule has 0 amide bonds. The number of allylic oxidation sites excluding steroid dienone is 1. The second-order valence-electron chi connectivity index (χ2n) is 3.09. The van der Waals surface area contributed by atoms with Crippen molar-refractivity contribution in [2.45, 2.75) is 12.8 Å². The number of rotatable bonds is 4. The molecule has 0 atom stereocenters. The topological polar surface area (TPSA) is 46.4 Å². The van der Waals surface area contributed by atoms with E-state index in [1.165, 1.54) is 11.8 Å². The maximum absolute atomic E-state index is 10.6. The van der Waals surface area contributed by atoms with E-state index in [1.807, 2.05) is 11.2 Å². The van der Waals surface area contributed by atoms with Crippen LogP contribution in [0.1, 0.15) is 12.8 Å². The van der Waals surface area contributed by atoms with Crippen LogP contribution in [0.2, 0.25) is 0 Å². The third-order valence-corrected chi connectivity index (χ3v) is 2.45. The van der Waals surface area contributed by atoms with E-state index in [4.69, 9.17) is 0 Å². The second kappa shape index (κ2) is 5.70. The monoisotopic (exact) mass is 214 g/mol. The van der Waals surface area contributed by atoms with E-state index in [1.54, 1.807) is 17.7 Å². The SMILES string of the molecule is CS/C=C/C(=C\N1CCCC1)[N+](=O)[O-]. The molecule has 0 aromatic carbocycles. The van der Waals surface area contributed by atoms with Crippen LogP contribution in [0.5, 0.6) is 0 Å². The fraction of sp³-hybridized carbons (Fsp3) is 0.556. The Morgan fingerprint density at radius 3 is 2.64 bits per heavy atom. The molecule has 0 aromatic heterocycles. The van der Waals surface area contributed by atoms with E-state index >= 15 is 0 Å². The zero-order valence-electron chi connectivity index (χ0n) is 8.18. The third-order valence-electron chi connectivity index (χ3n) is 2.04. The smallest absolute Gasteiger partial charge is 0.285 e. The van der Waals surface area contributed by atoms with Crippen molar-refractivity contribution in [1.29, 1.82) is 0 Å². The molecule has 1 aliphatic rings. The van der Waals surface area contributed by atoms with Crippen molar-refractivity contribution >= 4 is 11.8 Å². The third kappa shape index (κ3) is 3.41. The van der Waals surface area contributed by atoms with Crippen LogP contribution in [0.15, 0.2) is 23.4 Å². The second-order valence-corrected chi connectivity index (χ2v) is 3.84. The standard InChI is InChI=1S/C9H14N2O2S/c1-14-7-4-9(11(12)13)8-10-5-2-3-6-10/h4,7-8H,2-3,5-6H2,1H3/b7-4+,9-8+. The van der Waals surface area contributed by atoms with E-state index in [9.17, 15) is 10.1 Å². The molecule has 0 spiro atoms. The van der Waals surface area contributed by atoms with Crippen LogP contribution >= 0.6 is 11.8 Å². The first kappa shape index (κ1) is 11.1. The van der Waals surface area contributed by atoms with Crippen molar-refractivity contribution in [2.24, 2.45) is 0 Å². The van der Waals surface area contributed by atoms with Crippen LogP contribution in [0.4, 0.5) is 0 Å². The van der Waals surface area contributed by atoms with Gasteiger partial charge in [0.1, 0.15) is 0 Å². The molecular formula is C9H14N2O2S. The Morgan fingerprint density at radius 1 is 1.50 bits per heavy atom. The summed E-state index contributed by atoms with van der Waals surface area (Å²) in [5.74, 6) is 0. The number of likely N-dealkylation sites (tertiary alicyclic amines) is 1. The summed E-state index contributed by atoms with van der Waals surface area (Å²) in [5, 5.41) is 12.4. The molecule has 0 unspecified atom stereocenters. The molecule has 0 saturated carbocycles. The Bertz CT molecular complexity index is 258. The molecule has 0 N–H and O–H groups in total. The van der Waals surface area contributed by atoms with Crippen LogP contribution < -0.4 is 0 Å². The maximum Gasteiger partial charge on any atom is 0.285 e. The van der Waals surface area contributed by atoms with Crippen molar-refractivity contribution in [3.8, 4) is 0 Å². The number of nitro groups is 1. The van der Waals surface area contributed by atoms with Gasteiger partial charge in [0.05, 0.1) is 11.1 Å². The minimum Gasteiger partial charge on any atom is -0.372 e. The normalized spacial score (nSPS) is 18.1. The Kier molecular flexibility index (Phi) is 4.52. The van der Waals surface area contributed by atoms with Crippen molar-refractivity contribution in [3.63, 3.8) is 0 Å². The molecule has 5 heteroatoms. The predicted molar refractivity (Wildman–Crippen MR) is 58.5 cm³/mol. The lowest BCUT2D eigenvalue weighted by Gasteiger charge is -2.09. The summed E-state index contributed by atoms with van der Waals surface area (Å²) in [5.41, 5.74) is 0.168. The average molecular weight is 214 g/mol. The molecule has 0 aromatic rings. The Balaban J connectivity index is 2.64. The molecule has 14 heavy (non-hydrogen) atoms. The highest BCUT2D eigenvalue weighted by Gasteiger charge is 2.13. The largest absolute Gasteiger partial charge is 0.372 e. The van der Waals surface area contributed by atoms with Crippen molar-refractivity contribution in [1.82, 2.24) is 4.90 Å². The van der Waals surface area contributed by atoms with Crippen LogP contribution in [0.25, 0.3) is 0 Å². The lowest BCUT2D eigenvalue weighted by molar-refractivity contribution is -0.420. The van der Waals surface area contributed by atoms with Crippen LogP contribution in [0.3, 0.4) is 0 Å². The molecule has 1 heterocycles. The lowest BCUT2D eigenvalue weighted by Crippen LogP contribution is -2.13. The van der Waals surface area contributed by atoms with E-state index in [0.29, 0.717) is 0 Å². The van der Waals surface area contributed by atoms with Gasteiger partial charge in [0.25, 0.3) is 5.70 Å². The number of thioether (sulfide) groups is 1. The molecule has 1 aliphatic heterocycles. The van der Waals surface area contributed by atoms with Gasteiger partial charge in [-0.15, -0.1) is 11.8 Å². The fourth-order valence-corrected chi connectivity index (χ4v) is 1.62. The average Bonchev–Trinajstić information content (AvgIpc) is 2.64. The van der Waals surface area contributed by atoms with Gasteiger partial charge in [0.2, 0.25) is 0 Å². The summed E-state index contributed by atoms with van der Waals surface area (Å²) in [6.07, 6.45) is 7.33. The Morgan fingerprint density at radius 2 is 2.14 bits per heavy atom. The van der Waals surface area contributed by atoms with Gasteiger partial charge in [-0.2, -0.15) is 0 Å². The molecule has 0 aliphatic carbocycles. The van der Waals surface area contributed by atoms with Gasteiger partial charge >= 0.3 is 0 Å². The van der Waals surface area contributed by atoms with Gasteiger partial charge in [-0.05, 0) is 24.5 Å². The summed E-state index contributed by atoms with van der Waals surface area (Å²) in [6.45, 7) is 1.87. The molecule has 1 rings (SSSR count). The molecule has 1 saturated heterocycles. The van der Waals surface area contributed by atoms with Crippen LogP contribution in [0, 0.1) is 10.1 Å². The highest BCUT2D eigenvalue weighted by molar-refractivity contribution is 8.01. The van der Waals surface area contributed by atoms with Gasteiger partial charge < -0.3 is 4.90 Å². The summed E-state index contributed by atoms with van der Waals surface area (Å²) in [4.78, 5) is 12.3. The zero-order valence-corrected chi connectivity index (χ0v) is 9.00. The van der Waals surface area contributed by atoms with E-state index < -0.39 is 0 Å². The maximum atomic E-state index is 10.6. The highest BCUT2D eigenvalue weighted by Crippen LogP contribution is 2.11. The Labute approximate surface area is 87.8 Å². The zero-order chi connectivity index (χ0) is 10.4. The van der Waals surface area contributed by atoms with Gasteiger partial charge in [0.15, 0.2) is 0 Å². The van der Waals surface area contributed by atoms with E-state index in [0.717, 1.165) is 25.9 Å². The summed E-state index contributed by atoms with van der Waals surface area (Å²) in [7, 11) is 0. The van der Waals surface area contributed by atoms with Crippen LogP contribution in [-0.2, 0) is 0 Å². The fourth-order valence-electron chi connectivity index (χ4n) is 1.35. The summed E-state index contributed by atoms with van der Waals surface area (Å²) < 4.78 is 0. The summed E-state index contributed by atoms with van der Waals surface area (Å²) in [6, 6.07) is 0. The van der Waals surface area contributed by atoms with Crippen molar-refractivity contribution < 1.29 is 4.92 Å². The van der Waals surface area contributed by atoms with Crippen LogP contribution in [-0.4, -0.2) is 29.2 Å². The molecule has 78 valence electrons. The van der Waals surface area contributed by atoms with Gasteiger partial charge in [0, 0.05) is 19.2 Å². The van der Waals surface area contributed by atoms with Gasteiger partial charge in [-0.25, -0.2) is 0 Å². The molecule has 1 fully saturated rings. The van der Waals surface area contributed by atoms with Gasteiger partial charge in [-0.3, -0.25) is 10.1 Å². The van der Waals surface area contributed by atoms with E-state index in [2.05, 4.69) is 0 Å².